The van der Waals surface area contributed by atoms with Gasteiger partial charge in [0.15, 0.2) is 0 Å². The number of methoxy groups -OCH3 is 1. The first-order valence-electron chi connectivity index (χ1n) is 6.87. The normalized spacial score (nSPS) is 15.6. The monoisotopic (exact) mass is 281 g/mol. The molecule has 2 N–H and O–H groups in total. The molecule has 0 bridgehead atoms. The number of nitrogens with zero attached hydrogens (tertiary/aromatic N) is 3. The number of carbonyl (C=O) groups excluding carboxylic acids is 1. The highest BCUT2D eigenvalue weighted by Crippen LogP contribution is 2.23. The van der Waals surface area contributed by atoms with Crippen LogP contribution in [0.4, 0.5) is 5.82 Å². The van der Waals surface area contributed by atoms with Gasteiger partial charge >= 0.3 is 0 Å². The molecule has 1 aliphatic rings. The summed E-state index contributed by atoms with van der Waals surface area (Å²) in [4.78, 5) is 13.7. The Morgan fingerprint density at radius 3 is 3.00 bits per heavy atom. The number of anilines is 1. The number of hydrogen-bond acceptors (Lipinski definition) is 5. The van der Waals surface area contributed by atoms with Gasteiger partial charge in [0.05, 0.1) is 18.8 Å². The van der Waals surface area contributed by atoms with E-state index in [0.29, 0.717) is 19.7 Å². The fourth-order valence-corrected chi connectivity index (χ4v) is 2.50. The van der Waals surface area contributed by atoms with E-state index in [1.807, 2.05) is 18.7 Å². The van der Waals surface area contributed by atoms with Gasteiger partial charge in [0.1, 0.15) is 5.82 Å². The zero-order valence-electron chi connectivity index (χ0n) is 12.4. The number of nitrogens with one attached hydrogen (secondary N) is 2. The molecule has 0 atom stereocenters. The highest BCUT2D eigenvalue weighted by Gasteiger charge is 2.23. The molecule has 1 aliphatic heterocycles. The minimum Gasteiger partial charge on any atom is -0.383 e. The predicted octanol–water partition coefficient (Wildman–Crippen LogP) is -0.599. The van der Waals surface area contributed by atoms with Crippen LogP contribution in [0.1, 0.15) is 11.3 Å². The van der Waals surface area contributed by atoms with Gasteiger partial charge in [-0.1, -0.05) is 0 Å². The Kier molecular flexibility index (Phi) is 4.97. The zero-order chi connectivity index (χ0) is 14.5. The van der Waals surface area contributed by atoms with Crippen LogP contribution in [-0.2, 0) is 23.1 Å². The first kappa shape index (κ1) is 14.8. The van der Waals surface area contributed by atoms with Crippen molar-refractivity contribution in [3.05, 3.63) is 11.3 Å². The van der Waals surface area contributed by atoms with E-state index in [2.05, 4.69) is 20.6 Å². The van der Waals surface area contributed by atoms with E-state index in [9.17, 15) is 4.79 Å². The molecule has 0 radical (unpaired) electrons. The van der Waals surface area contributed by atoms with Crippen LogP contribution in [0.5, 0.6) is 0 Å². The van der Waals surface area contributed by atoms with Crippen LogP contribution in [0, 0.1) is 6.92 Å². The fourth-order valence-electron chi connectivity index (χ4n) is 2.50. The molecule has 2 rings (SSSR count). The summed E-state index contributed by atoms with van der Waals surface area (Å²) in [7, 11) is 3.61. The van der Waals surface area contributed by atoms with E-state index >= 15 is 0 Å². The van der Waals surface area contributed by atoms with E-state index in [0.717, 1.165) is 36.7 Å². The summed E-state index contributed by atoms with van der Waals surface area (Å²) >= 11 is 0. The minimum atomic E-state index is 0.0633. The highest BCUT2D eigenvalue weighted by molar-refractivity contribution is 5.82. The first-order valence-corrected chi connectivity index (χ1v) is 6.87. The van der Waals surface area contributed by atoms with E-state index in [1.54, 1.807) is 7.11 Å². The Hall–Kier alpha value is -1.60. The van der Waals surface area contributed by atoms with Crippen LogP contribution in [0.15, 0.2) is 0 Å². The molecule has 1 aromatic rings. The number of aromatic nitrogens is 2. The Morgan fingerprint density at radius 1 is 1.50 bits per heavy atom. The summed E-state index contributed by atoms with van der Waals surface area (Å²) in [5, 5.41) is 10.7. The third-order valence-corrected chi connectivity index (χ3v) is 3.44. The molecule has 7 nitrogen and oxygen atoms in total. The smallest absolute Gasteiger partial charge is 0.239 e. The van der Waals surface area contributed by atoms with Gasteiger partial charge < -0.3 is 20.3 Å². The Morgan fingerprint density at radius 2 is 2.30 bits per heavy atom. The first-order chi connectivity index (χ1) is 9.63. The maximum Gasteiger partial charge on any atom is 0.239 e. The maximum atomic E-state index is 11.6. The molecular weight excluding hydrogens is 258 g/mol. The molecule has 7 heteroatoms. The maximum absolute atomic E-state index is 11.6. The molecule has 1 fully saturated rings. The van der Waals surface area contributed by atoms with E-state index in [1.165, 1.54) is 0 Å². The van der Waals surface area contributed by atoms with Crippen molar-refractivity contribution in [3.63, 3.8) is 0 Å². The van der Waals surface area contributed by atoms with E-state index < -0.39 is 0 Å². The molecular formula is C13H23N5O2. The number of ether oxygens (including phenoxy) is 1. The number of piperazine rings is 1. The van der Waals surface area contributed by atoms with Crippen LogP contribution < -0.4 is 15.5 Å². The van der Waals surface area contributed by atoms with Gasteiger partial charge in [-0.05, 0) is 6.92 Å². The second kappa shape index (κ2) is 6.71. The number of amides is 1. The Balaban J connectivity index is 2.12. The lowest BCUT2D eigenvalue weighted by atomic mass is 10.2. The molecule has 1 saturated heterocycles. The SMILES string of the molecule is COCCNCc1c(C)nn(C)c1N1CCNC(=O)C1. The van der Waals surface area contributed by atoms with Crippen molar-refractivity contribution >= 4 is 11.7 Å². The summed E-state index contributed by atoms with van der Waals surface area (Å²) in [5.74, 6) is 1.09. The van der Waals surface area contributed by atoms with Crippen molar-refractivity contribution in [1.29, 1.82) is 0 Å². The largest absolute Gasteiger partial charge is 0.383 e. The van der Waals surface area contributed by atoms with Crippen LogP contribution in [0.25, 0.3) is 0 Å². The fraction of sp³-hybridized carbons (Fsp3) is 0.692. The minimum absolute atomic E-state index is 0.0633. The van der Waals surface area contributed by atoms with Gasteiger partial charge in [0.2, 0.25) is 5.91 Å². The highest BCUT2D eigenvalue weighted by atomic mass is 16.5. The third kappa shape index (κ3) is 3.29. The third-order valence-electron chi connectivity index (χ3n) is 3.44. The predicted molar refractivity (Wildman–Crippen MR) is 76.8 cm³/mol. The van der Waals surface area contributed by atoms with Crippen molar-refractivity contribution in [1.82, 2.24) is 20.4 Å². The van der Waals surface area contributed by atoms with E-state index in [-0.39, 0.29) is 5.91 Å². The van der Waals surface area contributed by atoms with Crippen molar-refractivity contribution in [2.24, 2.45) is 7.05 Å². The van der Waals surface area contributed by atoms with Crippen LogP contribution >= 0.6 is 0 Å². The van der Waals surface area contributed by atoms with Gasteiger partial charge in [-0.25, -0.2) is 0 Å². The lowest BCUT2D eigenvalue weighted by molar-refractivity contribution is -0.120. The number of hydrogen-bond donors (Lipinski definition) is 2. The number of carbonyl (C=O) groups is 1. The molecule has 112 valence electrons. The molecule has 0 saturated carbocycles. The molecule has 0 spiro atoms. The summed E-state index contributed by atoms with van der Waals surface area (Å²) in [6.45, 7) is 6.10. The quantitative estimate of drug-likeness (QED) is 0.681. The summed E-state index contributed by atoms with van der Waals surface area (Å²) in [5.41, 5.74) is 2.15. The molecule has 0 aromatic carbocycles. The van der Waals surface area contributed by atoms with Gasteiger partial charge in [0, 0.05) is 45.9 Å². The van der Waals surface area contributed by atoms with Crippen molar-refractivity contribution < 1.29 is 9.53 Å². The summed E-state index contributed by atoms with van der Waals surface area (Å²) < 4.78 is 6.89. The second-order valence-electron chi connectivity index (χ2n) is 4.95. The van der Waals surface area contributed by atoms with Crippen molar-refractivity contribution in [2.45, 2.75) is 13.5 Å². The van der Waals surface area contributed by atoms with Gasteiger partial charge in [-0.3, -0.25) is 9.48 Å². The van der Waals surface area contributed by atoms with Gasteiger partial charge in [-0.2, -0.15) is 5.10 Å². The van der Waals surface area contributed by atoms with Crippen molar-refractivity contribution in [2.75, 3.05) is 44.8 Å². The summed E-state index contributed by atoms with van der Waals surface area (Å²) in [6.07, 6.45) is 0. The lowest BCUT2D eigenvalue weighted by Crippen LogP contribution is -2.48. The average molecular weight is 281 g/mol. The standard InChI is InChI=1S/C13H23N5O2/c1-10-11(8-14-5-7-20-3)13(17(2)16-10)18-6-4-15-12(19)9-18/h14H,4-9H2,1-3H3,(H,15,19). The Bertz CT molecular complexity index is 472. The Labute approximate surface area is 119 Å². The topological polar surface area (TPSA) is 71.4 Å². The molecule has 0 unspecified atom stereocenters. The average Bonchev–Trinajstić information content (AvgIpc) is 2.69. The molecule has 2 heterocycles. The zero-order valence-corrected chi connectivity index (χ0v) is 12.4. The van der Waals surface area contributed by atoms with Gasteiger partial charge in [0.25, 0.3) is 0 Å². The van der Waals surface area contributed by atoms with Gasteiger partial charge in [-0.15, -0.1) is 0 Å². The van der Waals surface area contributed by atoms with E-state index in [4.69, 9.17) is 4.74 Å². The lowest BCUT2D eigenvalue weighted by Gasteiger charge is -2.29. The van der Waals surface area contributed by atoms with Crippen LogP contribution in [-0.4, -0.2) is 55.6 Å². The second-order valence-corrected chi connectivity index (χ2v) is 4.95. The number of rotatable bonds is 6. The summed E-state index contributed by atoms with van der Waals surface area (Å²) in [6, 6.07) is 0. The van der Waals surface area contributed by atoms with Crippen molar-refractivity contribution in [3.8, 4) is 0 Å². The molecule has 0 aliphatic carbocycles. The number of aryl methyl sites for hydroxylation is 2. The molecule has 1 aromatic heterocycles. The van der Waals surface area contributed by atoms with Crippen LogP contribution in [0.3, 0.4) is 0 Å². The molecule has 20 heavy (non-hydrogen) atoms. The molecule has 1 amide bonds. The van der Waals surface area contributed by atoms with Crippen LogP contribution in [0.2, 0.25) is 0 Å².